The molecule has 0 aliphatic heterocycles. The third kappa shape index (κ3) is 4.10. The van der Waals surface area contributed by atoms with E-state index in [0.717, 1.165) is 11.3 Å². The maximum absolute atomic E-state index is 11.3. The van der Waals surface area contributed by atoms with Crippen LogP contribution < -0.4 is 10.1 Å². The average Bonchev–Trinajstić information content (AvgIpc) is 2.47. The summed E-state index contributed by atoms with van der Waals surface area (Å²) in [6.45, 7) is 1.89. The predicted octanol–water partition coefficient (Wildman–Crippen LogP) is 2.58. The molecule has 0 aliphatic rings. The Bertz CT molecular complexity index is 550. The summed E-state index contributed by atoms with van der Waals surface area (Å²) in [5.41, 5.74) is 1.66. The van der Waals surface area contributed by atoms with Crippen LogP contribution >= 0.6 is 0 Å². The largest absolute Gasteiger partial charge is 0.489 e. The number of carbonyl (C=O) groups is 1. The Labute approximate surface area is 118 Å². The molecule has 1 unspecified atom stereocenters. The Morgan fingerprint density at radius 1 is 1.15 bits per heavy atom. The van der Waals surface area contributed by atoms with E-state index in [9.17, 15) is 4.79 Å². The van der Waals surface area contributed by atoms with Crippen LogP contribution in [0.1, 0.15) is 12.5 Å². The summed E-state index contributed by atoms with van der Waals surface area (Å²) in [5.74, 6) is 0.400. The van der Waals surface area contributed by atoms with Gasteiger partial charge in [-0.2, -0.15) is 0 Å². The van der Waals surface area contributed by atoms with Gasteiger partial charge in [0.25, 0.3) is 5.91 Å². The first-order valence-corrected chi connectivity index (χ1v) is 6.41. The van der Waals surface area contributed by atoms with Crippen LogP contribution in [0, 0.1) is 0 Å². The standard InChI is InChI=1S/C16H17NO3/c1-12(18)16(19)17-14-9-7-13(8-10-14)11-20-15-5-3-2-4-6-15/h2-10,12,18H,11H2,1H3,(H,17,19). The van der Waals surface area contributed by atoms with E-state index in [1.54, 1.807) is 12.1 Å². The number of aliphatic hydroxyl groups excluding tert-OH is 1. The molecule has 0 saturated carbocycles. The van der Waals surface area contributed by atoms with Crippen molar-refractivity contribution in [2.24, 2.45) is 0 Å². The highest BCUT2D eigenvalue weighted by atomic mass is 16.5. The van der Waals surface area contributed by atoms with Gasteiger partial charge < -0.3 is 15.2 Å². The van der Waals surface area contributed by atoms with Crippen molar-refractivity contribution in [2.45, 2.75) is 19.6 Å². The van der Waals surface area contributed by atoms with Gasteiger partial charge in [-0.05, 0) is 36.8 Å². The van der Waals surface area contributed by atoms with E-state index in [-0.39, 0.29) is 0 Å². The fourth-order valence-corrected chi connectivity index (χ4v) is 1.61. The summed E-state index contributed by atoms with van der Waals surface area (Å²) in [5, 5.41) is 11.7. The lowest BCUT2D eigenvalue weighted by molar-refractivity contribution is -0.123. The van der Waals surface area contributed by atoms with E-state index >= 15 is 0 Å². The number of aliphatic hydroxyl groups is 1. The number of benzene rings is 2. The van der Waals surface area contributed by atoms with Crippen LogP contribution in [0.15, 0.2) is 54.6 Å². The quantitative estimate of drug-likeness (QED) is 0.878. The van der Waals surface area contributed by atoms with Gasteiger partial charge in [-0.15, -0.1) is 0 Å². The van der Waals surface area contributed by atoms with Crippen LogP contribution in [-0.4, -0.2) is 17.1 Å². The molecule has 0 aromatic heterocycles. The third-order valence-corrected chi connectivity index (χ3v) is 2.75. The summed E-state index contributed by atoms with van der Waals surface area (Å²) >= 11 is 0. The van der Waals surface area contributed by atoms with E-state index in [1.807, 2.05) is 42.5 Å². The maximum Gasteiger partial charge on any atom is 0.252 e. The third-order valence-electron chi connectivity index (χ3n) is 2.75. The molecule has 0 bridgehead atoms. The molecule has 0 aliphatic carbocycles. The van der Waals surface area contributed by atoms with Crippen LogP contribution in [0.2, 0.25) is 0 Å². The molecule has 0 fully saturated rings. The number of amides is 1. The Kier molecular flexibility index (Phi) is 4.74. The molecule has 1 atom stereocenters. The zero-order chi connectivity index (χ0) is 14.4. The van der Waals surface area contributed by atoms with Crippen molar-refractivity contribution >= 4 is 11.6 Å². The molecule has 2 aromatic rings. The molecule has 0 heterocycles. The van der Waals surface area contributed by atoms with E-state index in [4.69, 9.17) is 9.84 Å². The number of ether oxygens (including phenoxy) is 1. The van der Waals surface area contributed by atoms with Crippen molar-refractivity contribution in [3.63, 3.8) is 0 Å². The van der Waals surface area contributed by atoms with Gasteiger partial charge in [0.05, 0.1) is 0 Å². The molecule has 0 radical (unpaired) electrons. The lowest BCUT2D eigenvalue weighted by Crippen LogP contribution is -2.24. The van der Waals surface area contributed by atoms with Gasteiger partial charge in [-0.3, -0.25) is 4.79 Å². The van der Waals surface area contributed by atoms with Gasteiger partial charge in [-0.1, -0.05) is 30.3 Å². The topological polar surface area (TPSA) is 58.6 Å². The summed E-state index contributed by atoms with van der Waals surface area (Å²) in [4.78, 5) is 11.3. The first-order chi connectivity index (χ1) is 9.65. The smallest absolute Gasteiger partial charge is 0.252 e. The van der Waals surface area contributed by atoms with Gasteiger partial charge in [0, 0.05) is 5.69 Å². The second-order valence-electron chi connectivity index (χ2n) is 4.46. The lowest BCUT2D eigenvalue weighted by Gasteiger charge is -2.09. The summed E-state index contributed by atoms with van der Waals surface area (Å²) in [6.07, 6.45) is -1.02. The minimum absolute atomic E-state index is 0.418. The molecule has 0 saturated heterocycles. The Morgan fingerprint density at radius 3 is 2.40 bits per heavy atom. The van der Waals surface area contributed by atoms with Gasteiger partial charge in [-0.25, -0.2) is 0 Å². The van der Waals surface area contributed by atoms with Crippen molar-refractivity contribution < 1.29 is 14.6 Å². The fourth-order valence-electron chi connectivity index (χ4n) is 1.61. The van der Waals surface area contributed by atoms with E-state index in [2.05, 4.69) is 5.32 Å². The van der Waals surface area contributed by atoms with E-state index in [1.165, 1.54) is 6.92 Å². The van der Waals surface area contributed by atoms with Crippen molar-refractivity contribution in [3.05, 3.63) is 60.2 Å². The number of nitrogens with one attached hydrogen (secondary N) is 1. The van der Waals surface area contributed by atoms with Crippen molar-refractivity contribution in [2.75, 3.05) is 5.32 Å². The number of rotatable bonds is 5. The van der Waals surface area contributed by atoms with Gasteiger partial charge in [0.15, 0.2) is 0 Å². The summed E-state index contributed by atoms with van der Waals surface area (Å²) < 4.78 is 5.62. The molecular weight excluding hydrogens is 254 g/mol. The van der Waals surface area contributed by atoms with Crippen LogP contribution in [0.4, 0.5) is 5.69 Å². The molecule has 4 heteroatoms. The molecule has 2 aromatic carbocycles. The van der Waals surface area contributed by atoms with Crippen molar-refractivity contribution in [3.8, 4) is 5.75 Å². The highest BCUT2D eigenvalue weighted by Gasteiger charge is 2.08. The lowest BCUT2D eigenvalue weighted by atomic mass is 10.2. The van der Waals surface area contributed by atoms with E-state index in [0.29, 0.717) is 12.3 Å². The van der Waals surface area contributed by atoms with Crippen LogP contribution in [0.25, 0.3) is 0 Å². The average molecular weight is 271 g/mol. The monoisotopic (exact) mass is 271 g/mol. The zero-order valence-corrected chi connectivity index (χ0v) is 11.2. The zero-order valence-electron chi connectivity index (χ0n) is 11.2. The van der Waals surface area contributed by atoms with Crippen LogP contribution in [0.5, 0.6) is 5.75 Å². The van der Waals surface area contributed by atoms with E-state index < -0.39 is 12.0 Å². The van der Waals surface area contributed by atoms with Crippen molar-refractivity contribution in [1.82, 2.24) is 0 Å². The molecule has 0 spiro atoms. The minimum Gasteiger partial charge on any atom is -0.489 e. The number of hydrogen-bond donors (Lipinski definition) is 2. The van der Waals surface area contributed by atoms with Crippen LogP contribution in [0.3, 0.4) is 0 Å². The summed E-state index contributed by atoms with van der Waals surface area (Å²) in [7, 11) is 0. The number of carbonyl (C=O) groups excluding carboxylic acids is 1. The number of anilines is 1. The Hall–Kier alpha value is -2.33. The normalized spacial score (nSPS) is 11.7. The first-order valence-electron chi connectivity index (χ1n) is 6.41. The molecular formula is C16H17NO3. The highest BCUT2D eigenvalue weighted by molar-refractivity contribution is 5.93. The minimum atomic E-state index is -1.02. The van der Waals surface area contributed by atoms with Gasteiger partial charge in [0.2, 0.25) is 0 Å². The second-order valence-corrected chi connectivity index (χ2v) is 4.46. The second kappa shape index (κ2) is 6.73. The molecule has 1 amide bonds. The predicted molar refractivity (Wildman–Crippen MR) is 77.5 cm³/mol. The summed E-state index contributed by atoms with van der Waals surface area (Å²) in [6, 6.07) is 16.9. The number of para-hydroxylation sites is 1. The van der Waals surface area contributed by atoms with Gasteiger partial charge in [0.1, 0.15) is 18.5 Å². The van der Waals surface area contributed by atoms with Gasteiger partial charge >= 0.3 is 0 Å². The Morgan fingerprint density at radius 2 is 1.80 bits per heavy atom. The molecule has 2 rings (SSSR count). The highest BCUT2D eigenvalue weighted by Crippen LogP contribution is 2.14. The fraction of sp³-hybridized carbons (Fsp3) is 0.188. The Balaban J connectivity index is 1.90. The van der Waals surface area contributed by atoms with Crippen molar-refractivity contribution in [1.29, 1.82) is 0 Å². The molecule has 4 nitrogen and oxygen atoms in total. The first kappa shape index (κ1) is 14.1. The maximum atomic E-state index is 11.3. The molecule has 20 heavy (non-hydrogen) atoms. The molecule has 104 valence electrons. The SMILES string of the molecule is CC(O)C(=O)Nc1ccc(COc2ccccc2)cc1. The van der Waals surface area contributed by atoms with Crippen LogP contribution in [-0.2, 0) is 11.4 Å². The molecule has 2 N–H and O–H groups in total. The number of hydrogen-bond acceptors (Lipinski definition) is 3.